The highest BCUT2D eigenvalue weighted by Crippen LogP contribution is 2.34. The van der Waals surface area contributed by atoms with Gasteiger partial charge in [-0.1, -0.05) is 13.3 Å². The molecule has 1 fully saturated rings. The second kappa shape index (κ2) is 7.04. The summed E-state index contributed by atoms with van der Waals surface area (Å²) in [5, 5.41) is 4.93. The van der Waals surface area contributed by atoms with Crippen LogP contribution in [0.5, 0.6) is 0 Å². The minimum Gasteiger partial charge on any atom is -0.382 e. The van der Waals surface area contributed by atoms with Gasteiger partial charge in [-0.05, 0) is 19.3 Å². The van der Waals surface area contributed by atoms with Crippen LogP contribution in [0.2, 0.25) is 0 Å². The minimum absolute atomic E-state index is 0.000926. The largest absolute Gasteiger partial charge is 0.382 e. The molecule has 112 valence electrons. The summed E-state index contributed by atoms with van der Waals surface area (Å²) in [5.74, 6) is 0. The van der Waals surface area contributed by atoms with E-state index in [1.165, 1.54) is 0 Å². The molecule has 1 aromatic rings. The molecule has 1 unspecified atom stereocenters. The van der Waals surface area contributed by atoms with Gasteiger partial charge >= 0.3 is 6.03 Å². The van der Waals surface area contributed by atoms with Crippen LogP contribution in [0.15, 0.2) is 10.9 Å². The number of carbonyl (C=O) groups excluding carboxylic acids is 1. The smallest absolute Gasteiger partial charge is 0.318 e. The fraction of sp³-hybridized carbons (Fsp3) is 0.714. The number of hydrogen-bond acceptors (Lipinski definition) is 4. The topological polar surface area (TPSA) is 54.5 Å². The van der Waals surface area contributed by atoms with Crippen LogP contribution in [0.1, 0.15) is 38.3 Å². The number of rotatable bonds is 6. The molecule has 0 aliphatic carbocycles. The van der Waals surface area contributed by atoms with Crippen molar-refractivity contribution in [2.45, 2.75) is 44.7 Å². The molecule has 5 nitrogen and oxygen atoms in total. The van der Waals surface area contributed by atoms with E-state index in [2.05, 4.69) is 17.2 Å². The van der Waals surface area contributed by atoms with E-state index in [9.17, 15) is 4.79 Å². The van der Waals surface area contributed by atoms with E-state index >= 15 is 0 Å². The zero-order valence-corrected chi connectivity index (χ0v) is 13.0. The zero-order valence-electron chi connectivity index (χ0n) is 12.2. The van der Waals surface area contributed by atoms with Gasteiger partial charge in [-0.25, -0.2) is 9.78 Å². The van der Waals surface area contributed by atoms with Crippen LogP contribution >= 0.6 is 11.3 Å². The molecule has 0 saturated carbocycles. The first-order valence-electron chi connectivity index (χ1n) is 7.13. The SMILES string of the molecule is CCCC1(COC)CCCN1C(=O)NCc1cscn1. The van der Waals surface area contributed by atoms with E-state index in [1.807, 2.05) is 10.3 Å². The Morgan fingerprint density at radius 2 is 2.50 bits per heavy atom. The summed E-state index contributed by atoms with van der Waals surface area (Å²) in [6.07, 6.45) is 4.12. The molecule has 1 aliphatic heterocycles. The highest BCUT2D eigenvalue weighted by Gasteiger charge is 2.42. The predicted molar refractivity (Wildman–Crippen MR) is 79.8 cm³/mol. The lowest BCUT2D eigenvalue weighted by Crippen LogP contribution is -2.53. The van der Waals surface area contributed by atoms with Crippen molar-refractivity contribution in [1.82, 2.24) is 15.2 Å². The van der Waals surface area contributed by atoms with Gasteiger partial charge in [-0.3, -0.25) is 0 Å². The molecule has 6 heteroatoms. The Morgan fingerprint density at radius 1 is 1.65 bits per heavy atom. The van der Waals surface area contributed by atoms with Crippen molar-refractivity contribution < 1.29 is 9.53 Å². The molecule has 0 spiro atoms. The summed E-state index contributed by atoms with van der Waals surface area (Å²) >= 11 is 1.54. The summed E-state index contributed by atoms with van der Waals surface area (Å²) in [6.45, 7) is 4.08. The van der Waals surface area contributed by atoms with Crippen molar-refractivity contribution >= 4 is 17.4 Å². The number of hydrogen-bond donors (Lipinski definition) is 1. The molecule has 0 bridgehead atoms. The monoisotopic (exact) mass is 297 g/mol. The zero-order chi connectivity index (χ0) is 14.4. The van der Waals surface area contributed by atoms with E-state index in [-0.39, 0.29) is 11.6 Å². The first-order chi connectivity index (χ1) is 9.72. The number of likely N-dealkylation sites (tertiary alicyclic amines) is 1. The van der Waals surface area contributed by atoms with E-state index in [1.54, 1.807) is 24.0 Å². The summed E-state index contributed by atoms with van der Waals surface area (Å²) < 4.78 is 5.38. The van der Waals surface area contributed by atoms with Gasteiger partial charge in [0.2, 0.25) is 0 Å². The Kier molecular flexibility index (Phi) is 5.37. The number of ether oxygens (including phenoxy) is 1. The lowest BCUT2D eigenvalue weighted by Gasteiger charge is -2.38. The van der Waals surface area contributed by atoms with E-state index < -0.39 is 0 Å². The van der Waals surface area contributed by atoms with E-state index in [4.69, 9.17) is 4.74 Å². The third-order valence-corrected chi connectivity index (χ3v) is 4.51. The first-order valence-corrected chi connectivity index (χ1v) is 8.07. The number of nitrogens with one attached hydrogen (secondary N) is 1. The fourth-order valence-corrected chi connectivity index (χ4v) is 3.62. The molecule has 1 aromatic heterocycles. The van der Waals surface area contributed by atoms with Gasteiger partial charge in [0.15, 0.2) is 0 Å². The van der Waals surface area contributed by atoms with Crippen molar-refractivity contribution in [3.63, 3.8) is 0 Å². The van der Waals surface area contributed by atoms with Crippen molar-refractivity contribution in [3.8, 4) is 0 Å². The van der Waals surface area contributed by atoms with Gasteiger partial charge < -0.3 is 15.0 Å². The Bertz CT molecular complexity index is 416. The third-order valence-electron chi connectivity index (χ3n) is 3.87. The third kappa shape index (κ3) is 3.30. The Balaban J connectivity index is 1.99. The normalized spacial score (nSPS) is 22.2. The van der Waals surface area contributed by atoms with Crippen LogP contribution in [0, 0.1) is 0 Å². The molecule has 0 radical (unpaired) electrons. The van der Waals surface area contributed by atoms with E-state index in [0.29, 0.717) is 13.2 Å². The standard InChI is InChI=1S/C14H23N3O2S/c1-3-5-14(10-19-2)6-4-7-17(14)13(18)15-8-12-9-20-11-16-12/h9,11H,3-8,10H2,1-2H3,(H,15,18). The maximum atomic E-state index is 12.4. The van der Waals surface area contributed by atoms with Crippen molar-refractivity contribution in [2.75, 3.05) is 20.3 Å². The van der Waals surface area contributed by atoms with E-state index in [0.717, 1.165) is 37.9 Å². The second-order valence-electron chi connectivity index (χ2n) is 5.30. The summed E-state index contributed by atoms with van der Waals surface area (Å²) in [4.78, 5) is 18.6. The van der Waals surface area contributed by atoms with Crippen molar-refractivity contribution in [3.05, 3.63) is 16.6 Å². The van der Waals surface area contributed by atoms with Gasteiger partial charge in [0.05, 0.1) is 29.9 Å². The number of carbonyl (C=O) groups is 1. The lowest BCUT2D eigenvalue weighted by molar-refractivity contribution is 0.0500. The van der Waals surface area contributed by atoms with Gasteiger partial charge in [0, 0.05) is 19.0 Å². The van der Waals surface area contributed by atoms with Gasteiger partial charge in [-0.2, -0.15) is 0 Å². The highest BCUT2D eigenvalue weighted by atomic mass is 32.1. The average molecular weight is 297 g/mol. The van der Waals surface area contributed by atoms with Crippen LogP contribution < -0.4 is 5.32 Å². The maximum absolute atomic E-state index is 12.4. The molecule has 1 atom stereocenters. The number of urea groups is 1. The molecule has 2 amide bonds. The Hall–Kier alpha value is -1.14. The fourth-order valence-electron chi connectivity index (χ4n) is 3.06. The summed E-state index contributed by atoms with van der Waals surface area (Å²) in [5.41, 5.74) is 2.56. The molecule has 2 rings (SSSR count). The molecule has 1 aliphatic rings. The number of aromatic nitrogens is 1. The van der Waals surface area contributed by atoms with Crippen LogP contribution in [-0.4, -0.2) is 41.7 Å². The molecular weight excluding hydrogens is 274 g/mol. The summed E-state index contributed by atoms with van der Waals surface area (Å²) in [7, 11) is 1.71. The van der Waals surface area contributed by atoms with Crippen LogP contribution in [0.4, 0.5) is 4.79 Å². The molecular formula is C14H23N3O2S. The van der Waals surface area contributed by atoms with Crippen molar-refractivity contribution in [1.29, 1.82) is 0 Å². The number of methoxy groups -OCH3 is 1. The predicted octanol–water partition coefficient (Wildman–Crippen LogP) is 2.63. The van der Waals surface area contributed by atoms with Gasteiger partial charge in [-0.15, -0.1) is 11.3 Å². The minimum atomic E-state index is -0.129. The molecule has 1 saturated heterocycles. The molecule has 20 heavy (non-hydrogen) atoms. The molecule has 2 heterocycles. The second-order valence-corrected chi connectivity index (χ2v) is 6.02. The lowest BCUT2D eigenvalue weighted by atomic mass is 9.91. The molecule has 1 N–H and O–H groups in total. The van der Waals surface area contributed by atoms with Gasteiger partial charge in [0.1, 0.15) is 0 Å². The van der Waals surface area contributed by atoms with Crippen LogP contribution in [-0.2, 0) is 11.3 Å². The molecule has 0 aromatic carbocycles. The quantitative estimate of drug-likeness (QED) is 0.878. The van der Waals surface area contributed by atoms with Gasteiger partial charge in [0.25, 0.3) is 0 Å². The number of amides is 2. The number of thiazole rings is 1. The van der Waals surface area contributed by atoms with Crippen molar-refractivity contribution in [2.24, 2.45) is 0 Å². The first kappa shape index (κ1) is 15.3. The Morgan fingerprint density at radius 3 is 3.15 bits per heavy atom. The van der Waals surface area contributed by atoms with Crippen LogP contribution in [0.25, 0.3) is 0 Å². The average Bonchev–Trinajstić information content (AvgIpc) is 3.07. The highest BCUT2D eigenvalue weighted by molar-refractivity contribution is 7.07. The maximum Gasteiger partial charge on any atom is 0.318 e. The number of nitrogens with zero attached hydrogens (tertiary/aromatic N) is 2. The summed E-state index contributed by atoms with van der Waals surface area (Å²) in [6, 6.07) is 0.000926. The Labute approximate surface area is 124 Å². The van der Waals surface area contributed by atoms with Crippen LogP contribution in [0.3, 0.4) is 0 Å².